The van der Waals surface area contributed by atoms with Gasteiger partial charge in [-0.05, 0) is 18.1 Å². The molecule has 1 amide bonds. The van der Waals surface area contributed by atoms with E-state index < -0.39 is 5.97 Å². The Kier molecular flexibility index (Phi) is 6.07. The number of nitrogens with zero attached hydrogens (tertiary/aromatic N) is 1. The molecule has 6 heteroatoms. The van der Waals surface area contributed by atoms with Crippen molar-refractivity contribution in [3.8, 4) is 0 Å². The molecule has 1 heterocycles. The number of carboxylic acids is 1. The topological polar surface area (TPSA) is 69.6 Å². The van der Waals surface area contributed by atoms with Crippen molar-refractivity contribution in [1.29, 1.82) is 0 Å². The Morgan fingerprint density at radius 1 is 1.29 bits per heavy atom. The van der Waals surface area contributed by atoms with Gasteiger partial charge in [-0.25, -0.2) is 0 Å². The second-order valence-electron chi connectivity index (χ2n) is 5.17. The Bertz CT molecular complexity index is 475. The van der Waals surface area contributed by atoms with Crippen LogP contribution in [0.1, 0.15) is 6.42 Å². The summed E-state index contributed by atoms with van der Waals surface area (Å²) in [5.41, 5.74) is 0. The molecule has 1 aliphatic heterocycles. The molecule has 0 aromatic heterocycles. The number of hydrogen-bond donors (Lipinski definition) is 2. The zero-order valence-corrected chi connectivity index (χ0v) is 12.6. The minimum absolute atomic E-state index is 0.0115. The number of nitrogens with one attached hydrogen (secondary N) is 1. The standard InChI is InChI=1S/C15H20N2O3S/c18-14(11-17-9-12(10-17)8-15(19)20)16-6-7-21-13-4-2-1-3-5-13/h1-5,12H,6-11H2,(H,16,18)(H,19,20). The molecule has 1 saturated heterocycles. The van der Waals surface area contributed by atoms with Crippen LogP contribution in [0.5, 0.6) is 0 Å². The number of amides is 1. The van der Waals surface area contributed by atoms with Crippen molar-refractivity contribution < 1.29 is 14.7 Å². The maximum Gasteiger partial charge on any atom is 0.303 e. The Morgan fingerprint density at radius 2 is 2.00 bits per heavy atom. The second-order valence-corrected chi connectivity index (χ2v) is 6.34. The van der Waals surface area contributed by atoms with Crippen LogP contribution in [0.2, 0.25) is 0 Å². The molecule has 2 rings (SSSR count). The van der Waals surface area contributed by atoms with Crippen LogP contribution in [0.4, 0.5) is 0 Å². The first-order chi connectivity index (χ1) is 10.1. The molecule has 5 nitrogen and oxygen atoms in total. The summed E-state index contributed by atoms with van der Waals surface area (Å²) in [4.78, 5) is 25.4. The maximum absolute atomic E-state index is 11.7. The molecule has 21 heavy (non-hydrogen) atoms. The van der Waals surface area contributed by atoms with Crippen LogP contribution in [0.3, 0.4) is 0 Å². The largest absolute Gasteiger partial charge is 0.481 e. The molecule has 1 fully saturated rings. The number of thioether (sulfide) groups is 1. The molecule has 0 unspecified atom stereocenters. The lowest BCUT2D eigenvalue weighted by Crippen LogP contribution is -2.51. The van der Waals surface area contributed by atoms with Crippen LogP contribution in [-0.4, -0.2) is 53.8 Å². The van der Waals surface area contributed by atoms with Crippen LogP contribution < -0.4 is 5.32 Å². The fourth-order valence-electron chi connectivity index (χ4n) is 2.32. The summed E-state index contributed by atoms with van der Waals surface area (Å²) in [6, 6.07) is 10.1. The smallest absolute Gasteiger partial charge is 0.303 e. The van der Waals surface area contributed by atoms with Crippen molar-refractivity contribution in [3.63, 3.8) is 0 Å². The number of carboxylic acid groups (broad SMARTS) is 1. The first-order valence-electron chi connectivity index (χ1n) is 7.02. The number of hydrogen-bond acceptors (Lipinski definition) is 4. The van der Waals surface area contributed by atoms with Crippen LogP contribution in [0.15, 0.2) is 35.2 Å². The Labute approximate surface area is 128 Å². The summed E-state index contributed by atoms with van der Waals surface area (Å²) >= 11 is 1.71. The number of carbonyl (C=O) groups excluding carboxylic acids is 1. The van der Waals surface area contributed by atoms with Crippen LogP contribution in [-0.2, 0) is 9.59 Å². The molecule has 0 spiro atoms. The molecular weight excluding hydrogens is 288 g/mol. The second kappa shape index (κ2) is 8.05. The lowest BCUT2D eigenvalue weighted by molar-refractivity contribution is -0.139. The molecule has 1 aromatic carbocycles. The van der Waals surface area contributed by atoms with Gasteiger partial charge in [-0.2, -0.15) is 0 Å². The molecule has 0 atom stereocenters. The van der Waals surface area contributed by atoms with Gasteiger partial charge in [-0.15, -0.1) is 11.8 Å². The van der Waals surface area contributed by atoms with Crippen molar-refractivity contribution in [2.75, 3.05) is 31.9 Å². The third kappa shape index (κ3) is 5.77. The van der Waals surface area contributed by atoms with Crippen LogP contribution >= 0.6 is 11.8 Å². The highest BCUT2D eigenvalue weighted by atomic mass is 32.2. The van der Waals surface area contributed by atoms with Gasteiger partial charge in [0.1, 0.15) is 0 Å². The summed E-state index contributed by atoms with van der Waals surface area (Å²) in [5.74, 6) is 0.292. The maximum atomic E-state index is 11.7. The van der Waals surface area contributed by atoms with E-state index in [9.17, 15) is 9.59 Å². The number of rotatable bonds is 8. The minimum atomic E-state index is -0.762. The molecular formula is C15H20N2O3S. The predicted molar refractivity (Wildman–Crippen MR) is 82.4 cm³/mol. The molecule has 0 aliphatic carbocycles. The summed E-state index contributed by atoms with van der Waals surface area (Å²) in [6.07, 6.45) is 0.200. The number of benzene rings is 1. The lowest BCUT2D eigenvalue weighted by Gasteiger charge is -2.37. The van der Waals surface area contributed by atoms with Gasteiger partial charge in [0.25, 0.3) is 0 Å². The molecule has 1 aliphatic rings. The number of carbonyl (C=O) groups is 2. The lowest BCUT2D eigenvalue weighted by atomic mass is 9.96. The highest BCUT2D eigenvalue weighted by molar-refractivity contribution is 7.99. The summed E-state index contributed by atoms with van der Waals surface area (Å²) in [5, 5.41) is 11.5. The van der Waals surface area contributed by atoms with Gasteiger partial charge in [0, 0.05) is 30.3 Å². The van der Waals surface area contributed by atoms with Crippen molar-refractivity contribution in [2.45, 2.75) is 11.3 Å². The number of likely N-dealkylation sites (tertiary alicyclic amines) is 1. The molecule has 0 bridgehead atoms. The molecule has 1 aromatic rings. The third-order valence-electron chi connectivity index (χ3n) is 3.30. The van der Waals surface area contributed by atoms with E-state index >= 15 is 0 Å². The van der Waals surface area contributed by atoms with Gasteiger partial charge < -0.3 is 10.4 Å². The normalized spacial score (nSPS) is 15.4. The predicted octanol–water partition coefficient (Wildman–Crippen LogP) is 1.30. The first kappa shape index (κ1) is 15.9. The van der Waals surface area contributed by atoms with E-state index in [-0.39, 0.29) is 18.2 Å². The fraction of sp³-hybridized carbons (Fsp3) is 0.467. The van der Waals surface area contributed by atoms with Crippen molar-refractivity contribution >= 4 is 23.6 Å². The van der Waals surface area contributed by atoms with E-state index in [1.165, 1.54) is 4.90 Å². The van der Waals surface area contributed by atoms with Gasteiger partial charge in [0.05, 0.1) is 13.0 Å². The third-order valence-corrected chi connectivity index (χ3v) is 4.31. The van der Waals surface area contributed by atoms with Crippen molar-refractivity contribution in [1.82, 2.24) is 10.2 Å². The van der Waals surface area contributed by atoms with E-state index in [1.807, 2.05) is 23.1 Å². The average molecular weight is 308 g/mol. The highest BCUT2D eigenvalue weighted by Crippen LogP contribution is 2.18. The monoisotopic (exact) mass is 308 g/mol. The summed E-state index contributed by atoms with van der Waals surface area (Å²) in [7, 11) is 0. The Hall–Kier alpha value is -1.53. The number of aliphatic carboxylic acids is 1. The molecule has 0 saturated carbocycles. The minimum Gasteiger partial charge on any atom is -0.481 e. The van der Waals surface area contributed by atoms with E-state index in [0.29, 0.717) is 26.2 Å². The van der Waals surface area contributed by atoms with E-state index in [0.717, 1.165) is 5.75 Å². The van der Waals surface area contributed by atoms with E-state index in [2.05, 4.69) is 17.4 Å². The van der Waals surface area contributed by atoms with Crippen LogP contribution in [0, 0.1) is 5.92 Å². The summed E-state index contributed by atoms with van der Waals surface area (Å²) in [6.45, 7) is 2.42. The Balaban J connectivity index is 1.52. The van der Waals surface area contributed by atoms with E-state index in [4.69, 9.17) is 5.11 Å². The van der Waals surface area contributed by atoms with Gasteiger partial charge in [-0.3, -0.25) is 14.5 Å². The van der Waals surface area contributed by atoms with Gasteiger partial charge in [0.2, 0.25) is 5.91 Å². The SMILES string of the molecule is O=C(O)CC1CN(CC(=O)NCCSc2ccccc2)C1. The van der Waals surface area contributed by atoms with Gasteiger partial charge >= 0.3 is 5.97 Å². The molecule has 114 valence electrons. The summed E-state index contributed by atoms with van der Waals surface area (Å²) < 4.78 is 0. The first-order valence-corrected chi connectivity index (χ1v) is 8.01. The highest BCUT2D eigenvalue weighted by Gasteiger charge is 2.29. The Morgan fingerprint density at radius 3 is 2.67 bits per heavy atom. The van der Waals surface area contributed by atoms with Crippen molar-refractivity contribution in [2.24, 2.45) is 5.92 Å². The van der Waals surface area contributed by atoms with E-state index in [1.54, 1.807) is 11.8 Å². The average Bonchev–Trinajstić information content (AvgIpc) is 2.42. The fourth-order valence-corrected chi connectivity index (χ4v) is 3.11. The van der Waals surface area contributed by atoms with Gasteiger partial charge in [-0.1, -0.05) is 18.2 Å². The van der Waals surface area contributed by atoms with Crippen molar-refractivity contribution in [3.05, 3.63) is 30.3 Å². The zero-order chi connectivity index (χ0) is 15.1. The van der Waals surface area contributed by atoms with Gasteiger partial charge in [0.15, 0.2) is 0 Å². The zero-order valence-electron chi connectivity index (χ0n) is 11.8. The molecule has 0 radical (unpaired) electrons. The molecule has 2 N–H and O–H groups in total. The quantitative estimate of drug-likeness (QED) is 0.559. The van der Waals surface area contributed by atoms with Crippen LogP contribution in [0.25, 0.3) is 0 Å².